The van der Waals surface area contributed by atoms with Gasteiger partial charge in [0.2, 0.25) is 0 Å². The average Bonchev–Trinajstić information content (AvgIpc) is 3.16. The summed E-state index contributed by atoms with van der Waals surface area (Å²) in [4.78, 5) is 5.10. The van der Waals surface area contributed by atoms with E-state index in [1.807, 2.05) is 19.1 Å². The monoisotopic (exact) mass is 468 g/mol. The van der Waals surface area contributed by atoms with Gasteiger partial charge < -0.3 is 4.72 Å². The van der Waals surface area contributed by atoms with E-state index in [2.05, 4.69) is 66.6 Å². The lowest BCUT2D eigenvalue weighted by molar-refractivity contribution is 0.589. The van der Waals surface area contributed by atoms with Crippen LogP contribution in [0.4, 0.5) is 5.82 Å². The molecule has 8 heteroatoms. The molecular weight excluding hydrogens is 440 g/mol. The van der Waals surface area contributed by atoms with Crippen molar-refractivity contribution >= 4 is 45.4 Å². The standard InChI is InChI=1S/C24H28N4O2S2/c1-7-8-17(16-25-5)20-15-21-22(32(6,29)30)13-14-23(28(21)26-20)27-31-19-11-9-18(10-12-19)24(2,3)4/h7-16,27H,5H2,1-4,6H3/b8-7-,17-16+. The summed E-state index contributed by atoms with van der Waals surface area (Å²) < 4.78 is 29.6. The largest absolute Gasteiger partial charge is 0.310 e. The first kappa shape index (κ1) is 23.8. The fourth-order valence-electron chi connectivity index (χ4n) is 3.19. The van der Waals surface area contributed by atoms with Gasteiger partial charge in [0.25, 0.3) is 0 Å². The molecule has 2 heterocycles. The Labute approximate surface area is 194 Å². The van der Waals surface area contributed by atoms with Crippen LogP contribution in [-0.4, -0.2) is 31.0 Å². The van der Waals surface area contributed by atoms with Crippen LogP contribution in [0, 0.1) is 0 Å². The van der Waals surface area contributed by atoms with Crippen molar-refractivity contribution in [2.45, 2.75) is 42.9 Å². The first-order valence-electron chi connectivity index (χ1n) is 10.1. The molecule has 0 spiro atoms. The molecule has 2 aromatic heterocycles. The van der Waals surface area contributed by atoms with Gasteiger partial charge in [0, 0.05) is 22.9 Å². The minimum Gasteiger partial charge on any atom is -0.310 e. The van der Waals surface area contributed by atoms with Crippen LogP contribution in [0.5, 0.6) is 0 Å². The number of benzene rings is 1. The highest BCUT2D eigenvalue weighted by atomic mass is 32.2. The summed E-state index contributed by atoms with van der Waals surface area (Å²) in [5.41, 5.74) is 3.19. The molecule has 0 saturated heterocycles. The molecule has 1 N–H and O–H groups in total. The number of allylic oxidation sites excluding steroid dienone is 3. The average molecular weight is 469 g/mol. The van der Waals surface area contributed by atoms with Crippen LogP contribution in [0.25, 0.3) is 11.1 Å². The van der Waals surface area contributed by atoms with Gasteiger partial charge in [-0.05, 0) is 66.9 Å². The third-order valence-electron chi connectivity index (χ3n) is 4.85. The van der Waals surface area contributed by atoms with Gasteiger partial charge in [-0.2, -0.15) is 5.10 Å². The van der Waals surface area contributed by atoms with E-state index in [0.29, 0.717) is 17.0 Å². The smallest absolute Gasteiger partial charge is 0.177 e. The van der Waals surface area contributed by atoms with E-state index in [0.717, 1.165) is 10.5 Å². The number of pyridine rings is 1. The van der Waals surface area contributed by atoms with Crippen LogP contribution in [0.3, 0.4) is 0 Å². The molecule has 168 valence electrons. The lowest BCUT2D eigenvalue weighted by Crippen LogP contribution is -2.10. The Balaban J connectivity index is 2.02. The minimum absolute atomic E-state index is 0.0914. The first-order chi connectivity index (χ1) is 15.0. The number of nitrogens with zero attached hydrogens (tertiary/aromatic N) is 3. The minimum atomic E-state index is -3.44. The number of aliphatic imine (C=N–C) groups is 1. The van der Waals surface area contributed by atoms with Crippen molar-refractivity contribution in [3.63, 3.8) is 0 Å². The topological polar surface area (TPSA) is 75.8 Å². The lowest BCUT2D eigenvalue weighted by atomic mass is 9.87. The number of nitrogens with one attached hydrogen (secondary N) is 1. The van der Waals surface area contributed by atoms with Crippen molar-refractivity contribution in [2.75, 3.05) is 11.0 Å². The maximum absolute atomic E-state index is 12.4. The molecule has 0 fully saturated rings. The van der Waals surface area contributed by atoms with Crippen molar-refractivity contribution in [1.29, 1.82) is 0 Å². The molecule has 0 atom stereocenters. The summed E-state index contributed by atoms with van der Waals surface area (Å²) in [7, 11) is -3.44. The molecule has 3 aromatic rings. The SMILES string of the molecule is C=N/C=C(\C=C/C)c1cc2c(S(C)(=O)=O)ccc(NSc3ccc(C(C)(C)C)cc3)n2n1. The van der Waals surface area contributed by atoms with Gasteiger partial charge in [-0.3, -0.25) is 4.99 Å². The van der Waals surface area contributed by atoms with Gasteiger partial charge in [-0.1, -0.05) is 45.1 Å². The van der Waals surface area contributed by atoms with Crippen LogP contribution < -0.4 is 4.72 Å². The molecule has 32 heavy (non-hydrogen) atoms. The Kier molecular flexibility index (Phi) is 6.95. The van der Waals surface area contributed by atoms with Crippen molar-refractivity contribution in [3.05, 3.63) is 72.1 Å². The van der Waals surface area contributed by atoms with Crippen LogP contribution in [0.15, 0.2) is 75.6 Å². The number of hydrogen-bond acceptors (Lipinski definition) is 6. The molecule has 3 rings (SSSR count). The molecule has 0 unspecified atom stereocenters. The Morgan fingerprint density at radius 3 is 2.44 bits per heavy atom. The molecule has 0 amide bonds. The summed E-state index contributed by atoms with van der Waals surface area (Å²) in [6.45, 7) is 12.0. The van der Waals surface area contributed by atoms with Crippen LogP contribution >= 0.6 is 11.9 Å². The quantitative estimate of drug-likeness (QED) is 0.271. The number of hydrogen-bond donors (Lipinski definition) is 1. The maximum atomic E-state index is 12.4. The Morgan fingerprint density at radius 1 is 1.19 bits per heavy atom. The second-order valence-electron chi connectivity index (χ2n) is 8.43. The van der Waals surface area contributed by atoms with E-state index in [1.165, 1.54) is 23.8 Å². The highest BCUT2D eigenvalue weighted by Gasteiger charge is 2.18. The van der Waals surface area contributed by atoms with E-state index in [4.69, 9.17) is 0 Å². The van der Waals surface area contributed by atoms with Gasteiger partial charge in [-0.15, -0.1) is 0 Å². The second-order valence-corrected chi connectivity index (χ2v) is 11.3. The zero-order chi connectivity index (χ0) is 23.5. The molecule has 0 radical (unpaired) electrons. The van der Waals surface area contributed by atoms with E-state index in [-0.39, 0.29) is 10.3 Å². The highest BCUT2D eigenvalue weighted by molar-refractivity contribution is 8.00. The summed E-state index contributed by atoms with van der Waals surface area (Å²) in [6, 6.07) is 13.5. The predicted octanol–water partition coefficient (Wildman–Crippen LogP) is 5.77. The molecule has 0 saturated carbocycles. The third kappa shape index (κ3) is 5.31. The van der Waals surface area contributed by atoms with Gasteiger partial charge in [0.05, 0.1) is 16.1 Å². The number of rotatable bonds is 7. The van der Waals surface area contributed by atoms with Crippen molar-refractivity contribution in [1.82, 2.24) is 9.61 Å². The Hall–Kier alpha value is -2.84. The second kappa shape index (κ2) is 9.34. The van der Waals surface area contributed by atoms with Crippen molar-refractivity contribution < 1.29 is 8.42 Å². The maximum Gasteiger partial charge on any atom is 0.177 e. The molecule has 0 aliphatic rings. The lowest BCUT2D eigenvalue weighted by Gasteiger charge is -2.19. The van der Waals surface area contributed by atoms with E-state index < -0.39 is 9.84 Å². The number of anilines is 1. The van der Waals surface area contributed by atoms with E-state index >= 15 is 0 Å². The summed E-state index contributed by atoms with van der Waals surface area (Å²) in [5, 5.41) is 4.65. The van der Waals surface area contributed by atoms with Crippen LogP contribution in [-0.2, 0) is 15.3 Å². The van der Waals surface area contributed by atoms with Crippen LogP contribution in [0.1, 0.15) is 39.0 Å². The van der Waals surface area contributed by atoms with Gasteiger partial charge in [0.15, 0.2) is 9.84 Å². The number of sulfone groups is 1. The van der Waals surface area contributed by atoms with Crippen molar-refractivity contribution in [2.24, 2.45) is 4.99 Å². The Bertz CT molecular complexity index is 1300. The normalized spacial score (nSPS) is 13.1. The van der Waals surface area contributed by atoms with E-state index in [1.54, 1.807) is 28.9 Å². The van der Waals surface area contributed by atoms with Gasteiger partial charge >= 0.3 is 0 Å². The van der Waals surface area contributed by atoms with E-state index in [9.17, 15) is 8.42 Å². The fraction of sp³-hybridized carbons (Fsp3) is 0.250. The summed E-state index contributed by atoms with van der Waals surface area (Å²) in [5.74, 6) is 0.662. The summed E-state index contributed by atoms with van der Waals surface area (Å²) >= 11 is 1.44. The summed E-state index contributed by atoms with van der Waals surface area (Å²) in [6.07, 6.45) is 6.52. The zero-order valence-corrected chi connectivity index (χ0v) is 20.6. The molecule has 6 nitrogen and oxygen atoms in total. The first-order valence-corrected chi connectivity index (χ1v) is 12.8. The zero-order valence-electron chi connectivity index (χ0n) is 19.0. The fourth-order valence-corrected chi connectivity index (χ4v) is 4.68. The predicted molar refractivity (Wildman–Crippen MR) is 135 cm³/mol. The third-order valence-corrected chi connectivity index (χ3v) is 6.81. The molecular formula is C24H28N4O2S2. The Morgan fingerprint density at radius 2 is 1.88 bits per heavy atom. The number of fused-ring (bicyclic) bond motifs is 1. The molecule has 0 aliphatic carbocycles. The molecule has 1 aromatic carbocycles. The van der Waals surface area contributed by atoms with Gasteiger partial charge in [-0.25, -0.2) is 12.9 Å². The van der Waals surface area contributed by atoms with Gasteiger partial charge in [0.1, 0.15) is 5.82 Å². The molecule has 0 bridgehead atoms. The number of aromatic nitrogens is 2. The highest BCUT2D eigenvalue weighted by Crippen LogP contribution is 2.29. The molecule has 0 aliphatic heterocycles. The van der Waals surface area contributed by atoms with Crippen LogP contribution in [0.2, 0.25) is 0 Å². The van der Waals surface area contributed by atoms with Crippen molar-refractivity contribution in [3.8, 4) is 0 Å².